The zero-order chi connectivity index (χ0) is 11.4. The minimum absolute atomic E-state index is 0.186. The first kappa shape index (κ1) is 13.4. The fourth-order valence-corrected chi connectivity index (χ4v) is 1.04. The van der Waals surface area contributed by atoms with E-state index in [9.17, 15) is 4.79 Å². The molecule has 0 rings (SSSR count). The van der Waals surface area contributed by atoms with Crippen LogP contribution in [0.5, 0.6) is 0 Å². The average Bonchev–Trinajstić information content (AvgIpc) is 1.99. The van der Waals surface area contributed by atoms with Gasteiger partial charge in [-0.25, -0.2) is 5.01 Å². The third-order valence-corrected chi connectivity index (χ3v) is 1.74. The predicted molar refractivity (Wildman–Crippen MR) is 53.2 cm³/mol. The molecule has 0 aliphatic heterocycles. The van der Waals surface area contributed by atoms with E-state index in [0.717, 1.165) is 0 Å². The van der Waals surface area contributed by atoms with E-state index in [0.29, 0.717) is 0 Å². The second-order valence-corrected chi connectivity index (χ2v) is 3.55. The highest BCUT2D eigenvalue weighted by Gasteiger charge is 2.25. The summed E-state index contributed by atoms with van der Waals surface area (Å²) in [7, 11) is 3.63. The van der Waals surface area contributed by atoms with E-state index < -0.39 is 5.79 Å². The molecule has 0 bridgehead atoms. The number of carbonyl (C=O) groups is 1. The summed E-state index contributed by atoms with van der Waals surface area (Å²) in [5, 5.41) is 1.77. The maximum atomic E-state index is 10.7. The quantitative estimate of drug-likeness (QED) is 0.406. The molecule has 1 N–H and O–H groups in total. The molecule has 0 aromatic heterocycles. The lowest BCUT2D eigenvalue weighted by Gasteiger charge is -2.32. The lowest BCUT2D eigenvalue weighted by Crippen LogP contribution is -2.45. The van der Waals surface area contributed by atoms with Crippen LogP contribution in [-0.2, 0) is 14.3 Å². The SMILES string of the molecule is CNN(C)C(C)OC(C)(C)OC(C)=O. The lowest BCUT2D eigenvalue weighted by molar-refractivity contribution is -0.252. The van der Waals surface area contributed by atoms with E-state index in [2.05, 4.69) is 5.43 Å². The second-order valence-electron chi connectivity index (χ2n) is 3.55. The molecule has 0 saturated carbocycles. The monoisotopic (exact) mass is 204 g/mol. The van der Waals surface area contributed by atoms with Gasteiger partial charge in [-0.3, -0.25) is 10.2 Å². The van der Waals surface area contributed by atoms with Crippen molar-refractivity contribution in [3.63, 3.8) is 0 Å². The highest BCUT2D eigenvalue weighted by Crippen LogP contribution is 2.14. The zero-order valence-electron chi connectivity index (χ0n) is 9.75. The first-order chi connectivity index (χ1) is 6.28. The van der Waals surface area contributed by atoms with Gasteiger partial charge in [-0.05, 0) is 14.0 Å². The molecule has 0 heterocycles. The second kappa shape index (κ2) is 5.29. The predicted octanol–water partition coefficient (Wildman–Crippen LogP) is 0.714. The molecule has 0 radical (unpaired) electrons. The molecule has 14 heavy (non-hydrogen) atoms. The normalized spacial score (nSPS) is 14.2. The van der Waals surface area contributed by atoms with E-state index in [1.54, 1.807) is 25.9 Å². The minimum atomic E-state index is -0.906. The number of nitrogens with one attached hydrogen (secondary N) is 1. The van der Waals surface area contributed by atoms with E-state index in [1.807, 2.05) is 14.0 Å². The Morgan fingerprint density at radius 3 is 2.36 bits per heavy atom. The van der Waals surface area contributed by atoms with E-state index in [-0.39, 0.29) is 12.2 Å². The molecule has 1 atom stereocenters. The summed E-state index contributed by atoms with van der Waals surface area (Å²) in [5.41, 5.74) is 2.91. The van der Waals surface area contributed by atoms with Crippen molar-refractivity contribution in [1.29, 1.82) is 0 Å². The van der Waals surface area contributed by atoms with Crippen LogP contribution in [0.1, 0.15) is 27.7 Å². The van der Waals surface area contributed by atoms with Crippen molar-refractivity contribution >= 4 is 5.97 Å². The molecule has 5 nitrogen and oxygen atoms in total. The van der Waals surface area contributed by atoms with Crippen LogP contribution in [0.4, 0.5) is 0 Å². The number of carbonyl (C=O) groups excluding carboxylic acids is 1. The molecular weight excluding hydrogens is 184 g/mol. The first-order valence-electron chi connectivity index (χ1n) is 4.56. The van der Waals surface area contributed by atoms with Crippen LogP contribution in [-0.4, -0.2) is 37.1 Å². The highest BCUT2D eigenvalue weighted by molar-refractivity contribution is 5.66. The van der Waals surface area contributed by atoms with Gasteiger partial charge in [-0.2, -0.15) is 0 Å². The van der Waals surface area contributed by atoms with Crippen molar-refractivity contribution in [2.75, 3.05) is 14.1 Å². The van der Waals surface area contributed by atoms with E-state index in [4.69, 9.17) is 9.47 Å². The van der Waals surface area contributed by atoms with Gasteiger partial charge in [0.05, 0.1) is 0 Å². The zero-order valence-corrected chi connectivity index (χ0v) is 9.75. The fourth-order valence-electron chi connectivity index (χ4n) is 1.04. The van der Waals surface area contributed by atoms with Crippen LogP contribution in [0.15, 0.2) is 0 Å². The topological polar surface area (TPSA) is 50.8 Å². The van der Waals surface area contributed by atoms with Gasteiger partial charge >= 0.3 is 5.97 Å². The maximum absolute atomic E-state index is 10.7. The van der Waals surface area contributed by atoms with Crippen LogP contribution in [0.2, 0.25) is 0 Å². The van der Waals surface area contributed by atoms with Crippen molar-refractivity contribution in [2.45, 2.75) is 39.7 Å². The Morgan fingerprint density at radius 1 is 1.50 bits per heavy atom. The Morgan fingerprint density at radius 2 is 2.00 bits per heavy atom. The van der Waals surface area contributed by atoms with Crippen LogP contribution in [0.25, 0.3) is 0 Å². The van der Waals surface area contributed by atoms with E-state index >= 15 is 0 Å². The summed E-state index contributed by atoms with van der Waals surface area (Å²) in [6.07, 6.45) is -0.186. The molecule has 0 aliphatic rings. The van der Waals surface area contributed by atoms with Gasteiger partial charge in [0.25, 0.3) is 0 Å². The van der Waals surface area contributed by atoms with Gasteiger partial charge in [0.15, 0.2) is 0 Å². The molecule has 0 fully saturated rings. The van der Waals surface area contributed by atoms with Gasteiger partial charge in [0.2, 0.25) is 5.79 Å². The molecular formula is C9H20N2O3. The molecule has 1 unspecified atom stereocenters. The maximum Gasteiger partial charge on any atom is 0.305 e. The standard InChI is InChI=1S/C9H20N2O3/c1-7(11(6)10-5)13-9(3,4)14-8(2)12/h7,10H,1-6H3. The summed E-state index contributed by atoms with van der Waals surface area (Å²) < 4.78 is 10.5. The molecule has 0 saturated heterocycles. The lowest BCUT2D eigenvalue weighted by atomic mass is 10.4. The minimum Gasteiger partial charge on any atom is -0.434 e. The molecule has 0 aromatic rings. The number of hydrogen-bond donors (Lipinski definition) is 1. The van der Waals surface area contributed by atoms with Crippen LogP contribution in [0.3, 0.4) is 0 Å². The van der Waals surface area contributed by atoms with Crippen molar-refractivity contribution < 1.29 is 14.3 Å². The number of ether oxygens (including phenoxy) is 2. The summed E-state index contributed by atoms with van der Waals surface area (Å²) in [5.74, 6) is -1.26. The number of rotatable bonds is 5. The molecule has 0 aromatic carbocycles. The summed E-state index contributed by atoms with van der Waals surface area (Å²) >= 11 is 0. The van der Waals surface area contributed by atoms with Gasteiger partial charge in [0.1, 0.15) is 6.23 Å². The van der Waals surface area contributed by atoms with Crippen LogP contribution < -0.4 is 5.43 Å². The van der Waals surface area contributed by atoms with Crippen molar-refractivity contribution in [1.82, 2.24) is 10.4 Å². The summed E-state index contributed by atoms with van der Waals surface area (Å²) in [6.45, 7) is 6.63. The van der Waals surface area contributed by atoms with Gasteiger partial charge < -0.3 is 9.47 Å². The summed E-state index contributed by atoms with van der Waals surface area (Å²) in [4.78, 5) is 10.7. The number of esters is 1. The molecule has 84 valence electrons. The fraction of sp³-hybridized carbons (Fsp3) is 0.889. The summed E-state index contributed by atoms with van der Waals surface area (Å²) in [6, 6.07) is 0. The van der Waals surface area contributed by atoms with Gasteiger partial charge in [-0.1, -0.05) is 0 Å². The number of nitrogens with zero attached hydrogens (tertiary/aromatic N) is 1. The molecule has 0 aliphatic carbocycles. The smallest absolute Gasteiger partial charge is 0.305 e. The Labute approximate surface area is 85.3 Å². The van der Waals surface area contributed by atoms with Crippen molar-refractivity contribution in [3.8, 4) is 0 Å². The third-order valence-electron chi connectivity index (χ3n) is 1.74. The van der Waals surface area contributed by atoms with Gasteiger partial charge in [0, 0.05) is 27.8 Å². The third kappa shape index (κ3) is 5.16. The van der Waals surface area contributed by atoms with E-state index in [1.165, 1.54) is 6.92 Å². The average molecular weight is 204 g/mol. The first-order valence-corrected chi connectivity index (χ1v) is 4.56. The highest BCUT2D eigenvalue weighted by atomic mass is 16.7. The molecule has 0 amide bonds. The largest absolute Gasteiger partial charge is 0.434 e. The van der Waals surface area contributed by atoms with Gasteiger partial charge in [-0.15, -0.1) is 0 Å². The van der Waals surface area contributed by atoms with Crippen LogP contribution in [0, 0.1) is 0 Å². The Balaban J connectivity index is 4.13. The number of hydrazine groups is 1. The number of hydrogen-bond acceptors (Lipinski definition) is 5. The Bertz CT molecular complexity index is 194. The van der Waals surface area contributed by atoms with Crippen molar-refractivity contribution in [2.24, 2.45) is 0 Å². The van der Waals surface area contributed by atoms with Crippen molar-refractivity contribution in [3.05, 3.63) is 0 Å². The Kier molecular flexibility index (Phi) is 5.04. The Hall–Kier alpha value is -0.650. The molecule has 0 spiro atoms. The molecule has 5 heteroatoms. The van der Waals surface area contributed by atoms with Crippen LogP contribution >= 0.6 is 0 Å².